The predicted octanol–water partition coefficient (Wildman–Crippen LogP) is 3.46. The summed E-state index contributed by atoms with van der Waals surface area (Å²) in [5.41, 5.74) is 0.795. The second kappa shape index (κ2) is 6.52. The first kappa shape index (κ1) is 13.9. The third-order valence-electron chi connectivity index (χ3n) is 2.16. The van der Waals surface area contributed by atoms with Crippen LogP contribution >= 0.6 is 23.2 Å². The molecule has 0 aliphatic carbocycles. The topological polar surface area (TPSA) is 40.5 Å². The molecule has 0 unspecified atom stereocenters. The molecule has 0 aromatic heterocycles. The van der Waals surface area contributed by atoms with Crippen molar-refractivity contribution in [1.29, 1.82) is 0 Å². The van der Waals surface area contributed by atoms with Crippen molar-refractivity contribution in [2.45, 2.75) is 6.42 Å². The number of halogens is 2. The Kier molecular flexibility index (Phi) is 5.32. The fourth-order valence-corrected chi connectivity index (χ4v) is 1.95. The largest absolute Gasteiger partial charge is 0.481 e. The maximum atomic E-state index is 10.6. The molecule has 3 nitrogen and oxygen atoms in total. The summed E-state index contributed by atoms with van der Waals surface area (Å²) in [6.07, 6.45) is 1.76. The van der Waals surface area contributed by atoms with Crippen LogP contribution in [-0.2, 0) is 4.79 Å². The number of aliphatic carboxylic acids is 1. The number of hydrogen-bond acceptors (Lipinski definition) is 2. The second-order valence-corrected chi connectivity index (χ2v) is 4.38. The van der Waals surface area contributed by atoms with Gasteiger partial charge in [0.2, 0.25) is 0 Å². The first-order valence-electron chi connectivity index (χ1n) is 5.06. The number of hydrogen-bond donors (Lipinski definition) is 1. The van der Waals surface area contributed by atoms with Gasteiger partial charge in [0, 0.05) is 28.8 Å². The van der Waals surface area contributed by atoms with Gasteiger partial charge in [-0.15, -0.1) is 6.58 Å². The number of anilines is 1. The molecule has 1 aromatic rings. The Bertz CT molecular complexity index is 401. The first-order valence-corrected chi connectivity index (χ1v) is 5.82. The normalized spacial score (nSPS) is 10.0. The van der Waals surface area contributed by atoms with Crippen molar-refractivity contribution in [1.82, 2.24) is 0 Å². The van der Waals surface area contributed by atoms with E-state index in [1.54, 1.807) is 24.3 Å². The highest BCUT2D eigenvalue weighted by atomic mass is 35.5. The smallest absolute Gasteiger partial charge is 0.305 e. The number of carbonyl (C=O) groups is 1. The molecule has 0 bridgehead atoms. The van der Waals surface area contributed by atoms with Gasteiger partial charge in [-0.25, -0.2) is 0 Å². The summed E-state index contributed by atoms with van der Waals surface area (Å²) in [6.45, 7) is 4.58. The average molecular weight is 274 g/mol. The van der Waals surface area contributed by atoms with Gasteiger partial charge in [-0.2, -0.15) is 0 Å². The minimum Gasteiger partial charge on any atom is -0.481 e. The molecule has 0 atom stereocenters. The summed E-state index contributed by atoms with van der Waals surface area (Å²) >= 11 is 11.8. The zero-order chi connectivity index (χ0) is 12.8. The standard InChI is InChI=1S/C12H13Cl2NO2/c1-2-4-15(5-3-12(16)17)11-7-9(13)6-10(14)8-11/h2,6-8H,1,3-5H2,(H,16,17). The SMILES string of the molecule is C=CCN(CCC(=O)O)c1cc(Cl)cc(Cl)c1. The summed E-state index contributed by atoms with van der Waals surface area (Å²) in [6, 6.07) is 5.13. The quantitative estimate of drug-likeness (QED) is 0.807. The van der Waals surface area contributed by atoms with Crippen molar-refractivity contribution in [3.8, 4) is 0 Å². The molecule has 5 heteroatoms. The van der Waals surface area contributed by atoms with E-state index in [1.165, 1.54) is 0 Å². The number of benzene rings is 1. The van der Waals surface area contributed by atoms with Crippen molar-refractivity contribution in [2.75, 3.05) is 18.0 Å². The van der Waals surface area contributed by atoms with Crippen LogP contribution in [0, 0.1) is 0 Å². The minimum absolute atomic E-state index is 0.0535. The molecule has 0 saturated heterocycles. The van der Waals surface area contributed by atoms with E-state index >= 15 is 0 Å². The second-order valence-electron chi connectivity index (χ2n) is 3.51. The molecular formula is C12H13Cl2NO2. The highest BCUT2D eigenvalue weighted by molar-refractivity contribution is 6.35. The lowest BCUT2D eigenvalue weighted by atomic mass is 10.2. The molecule has 0 saturated carbocycles. The lowest BCUT2D eigenvalue weighted by Crippen LogP contribution is -2.26. The number of nitrogens with zero attached hydrogens (tertiary/aromatic N) is 1. The van der Waals surface area contributed by atoms with Crippen molar-refractivity contribution >= 4 is 34.9 Å². The van der Waals surface area contributed by atoms with Crippen LogP contribution in [0.25, 0.3) is 0 Å². The van der Waals surface area contributed by atoms with Crippen LogP contribution in [0.2, 0.25) is 10.0 Å². The molecule has 17 heavy (non-hydrogen) atoms. The number of carboxylic acids is 1. The van der Waals surface area contributed by atoms with Gasteiger partial charge in [0.05, 0.1) is 6.42 Å². The van der Waals surface area contributed by atoms with Crippen molar-refractivity contribution in [3.05, 3.63) is 40.9 Å². The highest BCUT2D eigenvalue weighted by Gasteiger charge is 2.09. The van der Waals surface area contributed by atoms with Gasteiger partial charge in [0.25, 0.3) is 0 Å². The number of rotatable bonds is 6. The number of carboxylic acid groups (broad SMARTS) is 1. The molecule has 0 aliphatic heterocycles. The summed E-state index contributed by atoms with van der Waals surface area (Å²) in [7, 11) is 0. The predicted molar refractivity (Wildman–Crippen MR) is 71.1 cm³/mol. The van der Waals surface area contributed by atoms with Crippen LogP contribution < -0.4 is 4.90 Å². The molecular weight excluding hydrogens is 261 g/mol. The Labute approximate surface area is 110 Å². The van der Waals surface area contributed by atoms with Gasteiger partial charge in [0.1, 0.15) is 0 Å². The van der Waals surface area contributed by atoms with Gasteiger partial charge in [-0.1, -0.05) is 29.3 Å². The maximum absolute atomic E-state index is 10.6. The zero-order valence-electron chi connectivity index (χ0n) is 9.20. The van der Waals surface area contributed by atoms with Crippen molar-refractivity contribution in [3.63, 3.8) is 0 Å². The van der Waals surface area contributed by atoms with Crippen molar-refractivity contribution < 1.29 is 9.90 Å². The lowest BCUT2D eigenvalue weighted by Gasteiger charge is -2.23. The molecule has 0 spiro atoms. The van der Waals surface area contributed by atoms with E-state index in [1.807, 2.05) is 4.90 Å². The monoisotopic (exact) mass is 273 g/mol. The summed E-state index contributed by atoms with van der Waals surface area (Å²) in [5, 5.41) is 9.73. The van der Waals surface area contributed by atoms with E-state index < -0.39 is 5.97 Å². The van der Waals surface area contributed by atoms with E-state index in [0.717, 1.165) is 5.69 Å². The van der Waals surface area contributed by atoms with Crippen LogP contribution in [0.5, 0.6) is 0 Å². The van der Waals surface area contributed by atoms with Crippen LogP contribution in [0.3, 0.4) is 0 Å². The van der Waals surface area contributed by atoms with E-state index in [9.17, 15) is 4.79 Å². The third kappa shape index (κ3) is 4.67. The molecule has 0 fully saturated rings. The third-order valence-corrected chi connectivity index (χ3v) is 2.59. The molecule has 0 aliphatic rings. The molecule has 0 heterocycles. The summed E-state index contributed by atoms with van der Waals surface area (Å²) in [5.74, 6) is -0.841. The Balaban J connectivity index is 2.87. The van der Waals surface area contributed by atoms with Gasteiger partial charge in [-0.3, -0.25) is 4.79 Å². The molecule has 1 aromatic carbocycles. The van der Waals surface area contributed by atoms with Crippen LogP contribution in [0.4, 0.5) is 5.69 Å². The Morgan fingerprint density at radius 2 is 1.94 bits per heavy atom. The molecule has 1 rings (SSSR count). The Morgan fingerprint density at radius 3 is 2.41 bits per heavy atom. The zero-order valence-corrected chi connectivity index (χ0v) is 10.7. The van der Waals surface area contributed by atoms with E-state index in [0.29, 0.717) is 23.1 Å². The van der Waals surface area contributed by atoms with Gasteiger partial charge in [0.15, 0.2) is 0 Å². The molecule has 92 valence electrons. The Hall–Kier alpha value is -1.19. The average Bonchev–Trinajstić information content (AvgIpc) is 2.22. The highest BCUT2D eigenvalue weighted by Crippen LogP contribution is 2.25. The van der Waals surface area contributed by atoms with Gasteiger partial charge < -0.3 is 10.0 Å². The van der Waals surface area contributed by atoms with E-state index in [4.69, 9.17) is 28.3 Å². The Morgan fingerprint density at radius 1 is 1.35 bits per heavy atom. The van der Waals surface area contributed by atoms with E-state index in [-0.39, 0.29) is 6.42 Å². The van der Waals surface area contributed by atoms with Crippen LogP contribution in [-0.4, -0.2) is 24.2 Å². The van der Waals surface area contributed by atoms with Crippen molar-refractivity contribution in [2.24, 2.45) is 0 Å². The summed E-state index contributed by atoms with van der Waals surface area (Å²) < 4.78 is 0. The lowest BCUT2D eigenvalue weighted by molar-refractivity contribution is -0.136. The van der Waals surface area contributed by atoms with Crippen LogP contribution in [0.1, 0.15) is 6.42 Å². The molecule has 1 N–H and O–H groups in total. The minimum atomic E-state index is -0.841. The van der Waals surface area contributed by atoms with Crippen LogP contribution in [0.15, 0.2) is 30.9 Å². The molecule has 0 amide bonds. The van der Waals surface area contributed by atoms with Gasteiger partial charge >= 0.3 is 5.97 Å². The van der Waals surface area contributed by atoms with Gasteiger partial charge in [-0.05, 0) is 18.2 Å². The molecule has 0 radical (unpaired) electrons. The fraction of sp³-hybridized carbons (Fsp3) is 0.250. The maximum Gasteiger partial charge on any atom is 0.305 e. The summed E-state index contributed by atoms with van der Waals surface area (Å²) in [4.78, 5) is 12.4. The van der Waals surface area contributed by atoms with E-state index in [2.05, 4.69) is 6.58 Å². The fourth-order valence-electron chi connectivity index (χ4n) is 1.43. The first-order chi connectivity index (χ1) is 8.02.